The average molecular weight is 469 g/mol. The molecule has 0 radical (unpaired) electrons. The van der Waals surface area contributed by atoms with Crippen LogP contribution in [0.15, 0.2) is 18.2 Å². The summed E-state index contributed by atoms with van der Waals surface area (Å²) in [6, 6.07) is 3.99. The van der Waals surface area contributed by atoms with Crippen molar-refractivity contribution in [2.45, 2.75) is 68.3 Å². The molecule has 1 saturated heterocycles. The Balaban J connectivity index is 1.30. The first-order valence-corrected chi connectivity index (χ1v) is 11.4. The van der Waals surface area contributed by atoms with Crippen molar-refractivity contribution in [3.05, 3.63) is 29.0 Å². The van der Waals surface area contributed by atoms with Crippen molar-refractivity contribution in [2.75, 3.05) is 19.7 Å². The number of hydrogen-bond donors (Lipinski definition) is 5. The van der Waals surface area contributed by atoms with E-state index in [9.17, 15) is 19.1 Å². The summed E-state index contributed by atoms with van der Waals surface area (Å²) in [6.07, 6.45) is 2.08. The lowest BCUT2D eigenvalue weighted by Gasteiger charge is -2.56. The minimum absolute atomic E-state index is 0.0141. The fraction of sp³-hybridized carbons (Fsp3) is 0.636. The molecule has 5 N–H and O–H groups in total. The van der Waals surface area contributed by atoms with Crippen LogP contribution in [-0.2, 0) is 9.59 Å². The van der Waals surface area contributed by atoms with Crippen LogP contribution >= 0.6 is 11.6 Å². The second-order valence-electron chi connectivity index (χ2n) is 9.33. The first kappa shape index (κ1) is 23.2. The number of ether oxygens (including phenoxy) is 1. The zero-order valence-electron chi connectivity index (χ0n) is 18.0. The molecule has 3 aliphatic carbocycles. The third-order valence-electron chi connectivity index (χ3n) is 7.02. The predicted molar refractivity (Wildman–Crippen MR) is 117 cm³/mol. The molecule has 2 amide bonds. The van der Waals surface area contributed by atoms with Crippen molar-refractivity contribution in [2.24, 2.45) is 0 Å². The fourth-order valence-electron chi connectivity index (χ4n) is 5.01. The van der Waals surface area contributed by atoms with Gasteiger partial charge in [0, 0.05) is 30.7 Å². The van der Waals surface area contributed by atoms with Gasteiger partial charge in [0.25, 0.3) is 5.91 Å². The summed E-state index contributed by atoms with van der Waals surface area (Å²) in [5, 5.41) is 23.5. The zero-order chi connectivity index (χ0) is 22.9. The van der Waals surface area contributed by atoms with E-state index >= 15 is 0 Å². The van der Waals surface area contributed by atoms with E-state index < -0.39 is 23.0 Å². The first-order chi connectivity index (χ1) is 15.2. The molecule has 2 bridgehead atoms. The predicted octanol–water partition coefficient (Wildman–Crippen LogP) is 0.856. The van der Waals surface area contributed by atoms with Crippen LogP contribution in [0.4, 0.5) is 4.39 Å². The molecular weight excluding hydrogens is 439 g/mol. The molecule has 176 valence electrons. The van der Waals surface area contributed by atoms with E-state index in [0.717, 1.165) is 6.07 Å². The summed E-state index contributed by atoms with van der Waals surface area (Å²) < 4.78 is 18.9. The Hall–Kier alpha value is -1.94. The first-order valence-electron chi connectivity index (χ1n) is 11.1. The monoisotopic (exact) mass is 468 g/mol. The third kappa shape index (κ3) is 4.85. The normalized spacial score (nSPS) is 34.1. The van der Waals surface area contributed by atoms with E-state index in [0.29, 0.717) is 51.2 Å². The molecule has 0 spiro atoms. The van der Waals surface area contributed by atoms with Crippen LogP contribution in [0.25, 0.3) is 0 Å². The topological polar surface area (TPSA) is 112 Å². The second-order valence-corrected chi connectivity index (χ2v) is 9.74. The van der Waals surface area contributed by atoms with E-state index in [1.165, 1.54) is 12.1 Å². The number of fused-ring (bicyclic) bond motifs is 3. The summed E-state index contributed by atoms with van der Waals surface area (Å²) in [5.74, 6) is -0.838. The van der Waals surface area contributed by atoms with Crippen molar-refractivity contribution >= 4 is 23.4 Å². The highest BCUT2D eigenvalue weighted by atomic mass is 35.5. The van der Waals surface area contributed by atoms with Crippen molar-refractivity contribution < 1.29 is 23.8 Å². The Morgan fingerprint density at radius 3 is 2.59 bits per heavy atom. The van der Waals surface area contributed by atoms with Crippen LogP contribution < -0.4 is 26.0 Å². The average Bonchev–Trinajstić information content (AvgIpc) is 2.76. The number of benzene rings is 1. The van der Waals surface area contributed by atoms with Gasteiger partial charge in [-0.3, -0.25) is 9.59 Å². The minimum atomic E-state index is -0.754. The number of aliphatic hydroxyl groups excluding tert-OH is 1. The van der Waals surface area contributed by atoms with E-state index in [2.05, 4.69) is 28.2 Å². The van der Waals surface area contributed by atoms with Crippen LogP contribution in [-0.4, -0.2) is 65.9 Å². The van der Waals surface area contributed by atoms with Gasteiger partial charge in [-0.25, -0.2) is 4.39 Å². The van der Waals surface area contributed by atoms with Crippen LogP contribution in [0.2, 0.25) is 5.02 Å². The van der Waals surface area contributed by atoms with Crippen LogP contribution in [0.5, 0.6) is 5.75 Å². The largest absolute Gasteiger partial charge is 0.484 e. The number of nitrogens with one attached hydrogen (secondary N) is 4. The number of amides is 2. The molecule has 4 aliphatic rings. The molecule has 1 aromatic carbocycles. The van der Waals surface area contributed by atoms with Gasteiger partial charge < -0.3 is 31.1 Å². The van der Waals surface area contributed by atoms with Gasteiger partial charge in [-0.1, -0.05) is 11.6 Å². The smallest absolute Gasteiger partial charge is 0.258 e. The van der Waals surface area contributed by atoms with Crippen LogP contribution in [0.1, 0.15) is 39.0 Å². The van der Waals surface area contributed by atoms with Crippen molar-refractivity contribution in [1.82, 2.24) is 21.3 Å². The number of hydrogen-bond acceptors (Lipinski definition) is 6. The van der Waals surface area contributed by atoms with E-state index in [1.54, 1.807) is 0 Å². The highest BCUT2D eigenvalue weighted by molar-refractivity contribution is 6.30. The SMILES string of the molecule is CC1CNC(C(=O)NC23CCC(NC(=O)COc4ccc(Cl)c(F)c4)(CC2)C[C@@H]3O)CN1. The Labute approximate surface area is 191 Å². The summed E-state index contributed by atoms with van der Waals surface area (Å²) in [4.78, 5) is 25.3. The molecular formula is C22H30ClFN4O4. The van der Waals surface area contributed by atoms with Gasteiger partial charge in [-0.15, -0.1) is 0 Å². The van der Waals surface area contributed by atoms with Gasteiger partial charge in [0.1, 0.15) is 11.6 Å². The number of rotatable bonds is 6. The highest BCUT2D eigenvalue weighted by Crippen LogP contribution is 2.47. The molecule has 3 saturated carbocycles. The van der Waals surface area contributed by atoms with Crippen LogP contribution in [0.3, 0.4) is 0 Å². The van der Waals surface area contributed by atoms with E-state index in [-0.39, 0.29) is 35.2 Å². The zero-order valence-corrected chi connectivity index (χ0v) is 18.8. The van der Waals surface area contributed by atoms with Gasteiger partial charge in [-0.05, 0) is 51.2 Å². The maximum absolute atomic E-state index is 13.5. The third-order valence-corrected chi connectivity index (χ3v) is 7.32. The number of halogens is 2. The summed E-state index contributed by atoms with van der Waals surface area (Å²) in [7, 11) is 0. The lowest BCUT2D eigenvalue weighted by molar-refractivity contribution is -0.137. The quantitative estimate of drug-likeness (QED) is 0.423. The molecule has 32 heavy (non-hydrogen) atoms. The Kier molecular flexibility index (Phi) is 6.63. The van der Waals surface area contributed by atoms with E-state index in [4.69, 9.17) is 16.3 Å². The summed E-state index contributed by atoms with van der Waals surface area (Å²) in [6.45, 7) is 3.06. The molecule has 10 heteroatoms. The summed E-state index contributed by atoms with van der Waals surface area (Å²) in [5.41, 5.74) is -1.19. The Morgan fingerprint density at radius 2 is 1.97 bits per heavy atom. The molecule has 8 nitrogen and oxygen atoms in total. The minimum Gasteiger partial charge on any atom is -0.484 e. The maximum atomic E-state index is 13.5. The van der Waals surface area contributed by atoms with Gasteiger partial charge >= 0.3 is 0 Å². The highest BCUT2D eigenvalue weighted by Gasteiger charge is 2.55. The molecule has 1 aliphatic heterocycles. The molecule has 3 atom stereocenters. The Morgan fingerprint density at radius 1 is 1.22 bits per heavy atom. The second kappa shape index (κ2) is 9.13. The number of carbonyl (C=O) groups excluding carboxylic acids is 2. The number of piperazine rings is 1. The van der Waals surface area contributed by atoms with Crippen molar-refractivity contribution in [1.29, 1.82) is 0 Å². The lowest BCUT2D eigenvalue weighted by atomic mass is 9.59. The van der Waals surface area contributed by atoms with Crippen molar-refractivity contribution in [3.8, 4) is 5.75 Å². The fourth-order valence-corrected chi connectivity index (χ4v) is 5.13. The number of carbonyl (C=O) groups is 2. The maximum Gasteiger partial charge on any atom is 0.258 e. The van der Waals surface area contributed by atoms with E-state index in [1.807, 2.05) is 0 Å². The molecule has 0 aromatic heterocycles. The number of aliphatic hydroxyl groups is 1. The van der Waals surface area contributed by atoms with Gasteiger partial charge in [0.2, 0.25) is 5.91 Å². The van der Waals surface area contributed by atoms with Gasteiger partial charge in [0.05, 0.1) is 22.7 Å². The molecule has 2 unspecified atom stereocenters. The van der Waals surface area contributed by atoms with Crippen molar-refractivity contribution in [3.63, 3.8) is 0 Å². The van der Waals surface area contributed by atoms with Crippen LogP contribution in [0, 0.1) is 5.82 Å². The lowest BCUT2D eigenvalue weighted by Crippen LogP contribution is -2.72. The van der Waals surface area contributed by atoms with Gasteiger partial charge in [-0.2, -0.15) is 0 Å². The molecule has 5 rings (SSSR count). The standard InChI is InChI=1S/C22H30ClFN4O4/c1-13-10-26-17(11-25-13)20(31)28-22-6-4-21(5-7-22,9-18(22)29)27-19(30)12-32-14-2-3-15(23)16(24)8-14/h2-3,8,13,17-18,25-26,29H,4-7,9-12H2,1H3,(H,27,30)(H,28,31)/t13?,17?,18-,21?,22?/m0/s1. The molecule has 1 aromatic rings. The summed E-state index contributed by atoms with van der Waals surface area (Å²) >= 11 is 5.65. The molecule has 1 heterocycles. The Bertz CT molecular complexity index is 869. The van der Waals surface area contributed by atoms with Gasteiger partial charge in [0.15, 0.2) is 6.61 Å². The molecule has 4 fully saturated rings.